The lowest BCUT2D eigenvalue weighted by Gasteiger charge is -2.39. The van der Waals surface area contributed by atoms with Crippen LogP contribution in [0, 0.1) is 0 Å². The highest BCUT2D eigenvalue weighted by atomic mass is 32.2. The molecule has 1 aromatic carbocycles. The summed E-state index contributed by atoms with van der Waals surface area (Å²) in [5, 5.41) is 0. The minimum absolute atomic E-state index is 0.0503. The van der Waals surface area contributed by atoms with Crippen molar-refractivity contribution in [2.45, 2.75) is 44.6 Å². The second-order valence-corrected chi connectivity index (χ2v) is 10.4. The van der Waals surface area contributed by atoms with Crippen molar-refractivity contribution >= 4 is 15.9 Å². The van der Waals surface area contributed by atoms with Gasteiger partial charge in [-0.1, -0.05) is 18.6 Å². The average Bonchev–Trinajstić information content (AvgIpc) is 2.74. The maximum absolute atomic E-state index is 12.9. The molecular weight excluding hydrogens is 402 g/mol. The van der Waals surface area contributed by atoms with Gasteiger partial charge >= 0.3 is 0 Å². The molecule has 30 heavy (non-hydrogen) atoms. The fraction of sp³-hybridized carbons (Fsp3) is 0.682. The average molecular weight is 438 g/mol. The van der Waals surface area contributed by atoms with Crippen LogP contribution in [0.25, 0.3) is 0 Å². The van der Waals surface area contributed by atoms with Crippen LogP contribution in [0.4, 0.5) is 0 Å². The summed E-state index contributed by atoms with van der Waals surface area (Å²) in [7, 11) is -1.71. The van der Waals surface area contributed by atoms with E-state index < -0.39 is 10.0 Å². The van der Waals surface area contributed by atoms with Gasteiger partial charge in [0.15, 0.2) is 0 Å². The number of methoxy groups -OCH3 is 1. The number of sulfonamides is 1. The summed E-state index contributed by atoms with van der Waals surface area (Å²) < 4.78 is 31.8. The molecule has 2 aliphatic rings. The van der Waals surface area contributed by atoms with Crippen LogP contribution in [0.1, 0.15) is 37.7 Å². The van der Waals surface area contributed by atoms with E-state index in [1.165, 1.54) is 25.5 Å². The van der Waals surface area contributed by atoms with Crippen molar-refractivity contribution in [3.8, 4) is 5.75 Å². The Bertz CT molecular complexity index is 791. The number of hydrogen-bond donors (Lipinski definition) is 0. The lowest BCUT2D eigenvalue weighted by molar-refractivity contribution is -0.132. The number of carbonyl (C=O) groups excluding carboxylic acids is 1. The molecule has 0 aliphatic carbocycles. The Kier molecular flexibility index (Phi) is 8.13. The predicted molar refractivity (Wildman–Crippen MR) is 118 cm³/mol. The molecule has 1 unspecified atom stereocenters. The van der Waals surface area contributed by atoms with Gasteiger partial charge in [0, 0.05) is 32.2 Å². The van der Waals surface area contributed by atoms with Crippen molar-refractivity contribution < 1.29 is 17.9 Å². The van der Waals surface area contributed by atoms with Gasteiger partial charge in [-0.25, -0.2) is 8.42 Å². The standard InChI is InChI=1S/C22H35N3O4S/c1-29-21-10-8-19(9-11-21)17-22(26)24-14-6-7-20(18-24)25(30(2,27)28)16-15-23-12-4-3-5-13-23/h8-11,20H,3-7,12-18H2,1-2H3. The van der Waals surface area contributed by atoms with Crippen LogP contribution in [-0.2, 0) is 21.2 Å². The first-order valence-corrected chi connectivity index (χ1v) is 12.8. The zero-order chi connectivity index (χ0) is 21.6. The summed E-state index contributed by atoms with van der Waals surface area (Å²) in [6.07, 6.45) is 6.89. The third-order valence-electron chi connectivity index (χ3n) is 6.18. The van der Waals surface area contributed by atoms with Gasteiger partial charge in [0.1, 0.15) is 5.75 Å². The molecule has 1 amide bonds. The van der Waals surface area contributed by atoms with E-state index in [-0.39, 0.29) is 11.9 Å². The van der Waals surface area contributed by atoms with Crippen LogP contribution < -0.4 is 4.74 Å². The molecule has 8 heteroatoms. The number of piperidine rings is 2. The number of hydrogen-bond acceptors (Lipinski definition) is 5. The molecule has 2 aliphatic heterocycles. The first-order chi connectivity index (χ1) is 14.4. The molecule has 1 atom stereocenters. The minimum atomic E-state index is -3.33. The van der Waals surface area contributed by atoms with E-state index >= 15 is 0 Å². The summed E-state index contributed by atoms with van der Waals surface area (Å²) in [4.78, 5) is 17.1. The molecule has 168 valence electrons. The molecule has 0 N–H and O–H groups in total. The molecular formula is C22H35N3O4S. The number of benzene rings is 1. The van der Waals surface area contributed by atoms with Gasteiger partial charge in [-0.3, -0.25) is 4.79 Å². The Morgan fingerprint density at radius 2 is 1.80 bits per heavy atom. The number of amides is 1. The van der Waals surface area contributed by atoms with E-state index in [0.29, 0.717) is 26.1 Å². The van der Waals surface area contributed by atoms with E-state index in [2.05, 4.69) is 4.90 Å². The number of ether oxygens (including phenoxy) is 1. The smallest absolute Gasteiger partial charge is 0.227 e. The van der Waals surface area contributed by atoms with E-state index in [0.717, 1.165) is 43.8 Å². The Morgan fingerprint density at radius 3 is 2.43 bits per heavy atom. The summed E-state index contributed by atoms with van der Waals surface area (Å²) in [5.74, 6) is 0.816. The first-order valence-electron chi connectivity index (χ1n) is 11.0. The van der Waals surface area contributed by atoms with Crippen molar-refractivity contribution in [3.05, 3.63) is 29.8 Å². The zero-order valence-electron chi connectivity index (χ0n) is 18.3. The van der Waals surface area contributed by atoms with Crippen LogP contribution in [0.5, 0.6) is 5.75 Å². The lowest BCUT2D eigenvalue weighted by Crippen LogP contribution is -2.53. The molecule has 0 radical (unpaired) electrons. The van der Waals surface area contributed by atoms with Gasteiger partial charge < -0.3 is 14.5 Å². The molecule has 2 saturated heterocycles. The summed E-state index contributed by atoms with van der Waals surface area (Å²) in [6.45, 7) is 4.54. The Hall–Kier alpha value is -1.64. The van der Waals surface area contributed by atoms with Gasteiger partial charge in [-0.05, 0) is 56.5 Å². The molecule has 0 bridgehead atoms. The number of nitrogens with zero attached hydrogens (tertiary/aromatic N) is 3. The summed E-state index contributed by atoms with van der Waals surface area (Å²) >= 11 is 0. The highest BCUT2D eigenvalue weighted by Gasteiger charge is 2.32. The number of likely N-dealkylation sites (tertiary alicyclic amines) is 2. The Morgan fingerprint density at radius 1 is 1.10 bits per heavy atom. The maximum Gasteiger partial charge on any atom is 0.227 e. The van der Waals surface area contributed by atoms with Gasteiger partial charge in [0.2, 0.25) is 15.9 Å². The molecule has 1 aromatic rings. The van der Waals surface area contributed by atoms with Crippen LogP contribution in [-0.4, -0.2) is 87.1 Å². The second-order valence-electron chi connectivity index (χ2n) is 8.44. The predicted octanol–water partition coefficient (Wildman–Crippen LogP) is 1.98. The van der Waals surface area contributed by atoms with Crippen molar-refractivity contribution in [1.29, 1.82) is 0 Å². The largest absolute Gasteiger partial charge is 0.497 e. The quantitative estimate of drug-likeness (QED) is 0.622. The molecule has 0 spiro atoms. The fourth-order valence-electron chi connectivity index (χ4n) is 4.49. The normalized spacial score (nSPS) is 21.0. The Labute approximate surface area is 181 Å². The topological polar surface area (TPSA) is 70.2 Å². The van der Waals surface area contributed by atoms with E-state index in [1.54, 1.807) is 11.4 Å². The molecule has 0 saturated carbocycles. The third kappa shape index (κ3) is 6.43. The van der Waals surface area contributed by atoms with Crippen LogP contribution >= 0.6 is 0 Å². The van der Waals surface area contributed by atoms with Gasteiger partial charge in [0.25, 0.3) is 0 Å². The maximum atomic E-state index is 12.9. The van der Waals surface area contributed by atoms with Gasteiger partial charge in [-0.15, -0.1) is 0 Å². The van der Waals surface area contributed by atoms with Gasteiger partial charge in [0.05, 0.1) is 19.8 Å². The van der Waals surface area contributed by atoms with Gasteiger partial charge in [-0.2, -0.15) is 4.31 Å². The second kappa shape index (κ2) is 10.6. The van der Waals surface area contributed by atoms with Crippen molar-refractivity contribution in [1.82, 2.24) is 14.1 Å². The number of carbonyl (C=O) groups is 1. The fourth-order valence-corrected chi connectivity index (χ4v) is 5.62. The third-order valence-corrected chi connectivity index (χ3v) is 7.51. The van der Waals surface area contributed by atoms with Crippen molar-refractivity contribution in [3.63, 3.8) is 0 Å². The highest BCUT2D eigenvalue weighted by Crippen LogP contribution is 2.20. The van der Waals surface area contributed by atoms with E-state index in [1.807, 2.05) is 29.2 Å². The van der Waals surface area contributed by atoms with Crippen LogP contribution in [0.3, 0.4) is 0 Å². The molecule has 3 rings (SSSR count). The molecule has 7 nitrogen and oxygen atoms in total. The lowest BCUT2D eigenvalue weighted by atomic mass is 10.0. The summed E-state index contributed by atoms with van der Waals surface area (Å²) in [5.41, 5.74) is 0.938. The Balaban J connectivity index is 1.60. The molecule has 2 heterocycles. The SMILES string of the molecule is COc1ccc(CC(=O)N2CCCC(N(CCN3CCCCC3)S(C)(=O)=O)C2)cc1. The van der Waals surface area contributed by atoms with Crippen LogP contribution in [0.2, 0.25) is 0 Å². The molecule has 0 aromatic heterocycles. The molecule has 2 fully saturated rings. The number of rotatable bonds is 8. The highest BCUT2D eigenvalue weighted by molar-refractivity contribution is 7.88. The summed E-state index contributed by atoms with van der Waals surface area (Å²) in [6, 6.07) is 7.37. The minimum Gasteiger partial charge on any atom is -0.497 e. The zero-order valence-corrected chi connectivity index (χ0v) is 19.1. The van der Waals surface area contributed by atoms with Crippen molar-refractivity contribution in [2.24, 2.45) is 0 Å². The van der Waals surface area contributed by atoms with E-state index in [9.17, 15) is 13.2 Å². The first kappa shape index (κ1) is 23.0. The van der Waals surface area contributed by atoms with Crippen LogP contribution in [0.15, 0.2) is 24.3 Å². The monoisotopic (exact) mass is 437 g/mol. The van der Waals surface area contributed by atoms with E-state index in [4.69, 9.17) is 4.74 Å². The van der Waals surface area contributed by atoms with Crippen molar-refractivity contribution in [2.75, 3.05) is 52.6 Å².